The number of hydrogen-bond donors (Lipinski definition) is 1. The summed E-state index contributed by atoms with van der Waals surface area (Å²) in [5, 5.41) is 2.06. The third-order valence-corrected chi connectivity index (χ3v) is 2.58. The molecule has 1 unspecified atom stereocenters. The van der Waals surface area contributed by atoms with Gasteiger partial charge in [-0.2, -0.15) is 13.2 Å². The lowest BCUT2D eigenvalue weighted by molar-refractivity contribution is -0.149. The molecule has 1 aromatic rings. The van der Waals surface area contributed by atoms with Gasteiger partial charge >= 0.3 is 12.1 Å². The summed E-state index contributed by atoms with van der Waals surface area (Å²) in [5.74, 6) is -1.50. The van der Waals surface area contributed by atoms with Crippen molar-refractivity contribution in [2.45, 2.75) is 26.1 Å². The first-order chi connectivity index (χ1) is 9.24. The number of hydrogen-bond acceptors (Lipinski definition) is 3. The van der Waals surface area contributed by atoms with Gasteiger partial charge in [-0.15, -0.1) is 0 Å². The van der Waals surface area contributed by atoms with E-state index in [1.165, 1.54) is 19.1 Å². The molecule has 0 heterocycles. The number of aryl methyl sites for hydroxylation is 1. The van der Waals surface area contributed by atoms with Crippen molar-refractivity contribution in [1.29, 1.82) is 0 Å². The first-order valence-electron chi connectivity index (χ1n) is 5.97. The summed E-state index contributed by atoms with van der Waals surface area (Å²) in [7, 11) is 0. The minimum atomic E-state index is -4.48. The van der Waals surface area contributed by atoms with Gasteiger partial charge in [0.25, 0.3) is 0 Å². The molecule has 112 valence electrons. The van der Waals surface area contributed by atoms with Crippen LogP contribution in [0.15, 0.2) is 18.2 Å². The van der Waals surface area contributed by atoms with Gasteiger partial charge < -0.3 is 4.74 Å². The van der Waals surface area contributed by atoms with Crippen LogP contribution in [0.3, 0.4) is 0 Å². The highest BCUT2D eigenvalue weighted by molar-refractivity contribution is 5.78. The van der Waals surface area contributed by atoms with E-state index in [0.29, 0.717) is 5.56 Å². The molecule has 0 bridgehead atoms. The summed E-state index contributed by atoms with van der Waals surface area (Å²) in [6.07, 6.45) is -4.48. The van der Waals surface area contributed by atoms with Crippen LogP contribution in [0.2, 0.25) is 0 Å². The number of rotatable bonds is 5. The van der Waals surface area contributed by atoms with Gasteiger partial charge in [0.1, 0.15) is 11.9 Å². The molecule has 0 radical (unpaired) electrons. The molecular weight excluding hydrogens is 278 g/mol. The average molecular weight is 293 g/mol. The maximum atomic E-state index is 13.2. The van der Waals surface area contributed by atoms with E-state index < -0.39 is 30.5 Å². The van der Waals surface area contributed by atoms with Crippen LogP contribution in [0.25, 0.3) is 0 Å². The molecule has 3 nitrogen and oxygen atoms in total. The first kappa shape index (κ1) is 16.4. The first-order valence-corrected chi connectivity index (χ1v) is 5.97. The fourth-order valence-corrected chi connectivity index (χ4v) is 1.69. The van der Waals surface area contributed by atoms with Crippen LogP contribution in [-0.2, 0) is 9.53 Å². The molecule has 0 aromatic heterocycles. The SMILES string of the molecule is CCOC(=O)C(NCC(F)(F)F)c1cc(F)ccc1C. The number of alkyl halides is 3. The van der Waals surface area contributed by atoms with E-state index in [1.54, 1.807) is 6.92 Å². The molecular formula is C13H15F4NO2. The molecule has 20 heavy (non-hydrogen) atoms. The molecule has 0 fully saturated rings. The topological polar surface area (TPSA) is 38.3 Å². The van der Waals surface area contributed by atoms with Gasteiger partial charge in [-0.25, -0.2) is 9.18 Å². The van der Waals surface area contributed by atoms with E-state index in [4.69, 9.17) is 4.74 Å². The third kappa shape index (κ3) is 4.80. The standard InChI is InChI=1S/C13H15F4NO2/c1-3-20-12(19)11(18-7-13(15,16)17)10-6-9(14)5-4-8(10)2/h4-6,11,18H,3,7H2,1-2H3. The van der Waals surface area contributed by atoms with E-state index in [1.807, 2.05) is 0 Å². The number of carbonyl (C=O) groups excluding carboxylic acids is 1. The van der Waals surface area contributed by atoms with Crippen molar-refractivity contribution in [1.82, 2.24) is 5.32 Å². The second-order valence-electron chi connectivity index (χ2n) is 4.18. The highest BCUT2D eigenvalue weighted by Gasteiger charge is 2.32. The molecule has 0 spiro atoms. The van der Waals surface area contributed by atoms with Crippen molar-refractivity contribution in [3.05, 3.63) is 35.1 Å². The molecule has 1 aromatic carbocycles. The van der Waals surface area contributed by atoms with E-state index in [-0.39, 0.29) is 12.2 Å². The normalized spacial score (nSPS) is 13.1. The van der Waals surface area contributed by atoms with Crippen molar-refractivity contribution in [2.24, 2.45) is 0 Å². The summed E-state index contributed by atoms with van der Waals surface area (Å²) in [6, 6.07) is 2.24. The zero-order valence-corrected chi connectivity index (χ0v) is 11.1. The Morgan fingerprint density at radius 3 is 2.60 bits per heavy atom. The van der Waals surface area contributed by atoms with Crippen molar-refractivity contribution in [2.75, 3.05) is 13.2 Å². The van der Waals surface area contributed by atoms with Crippen molar-refractivity contribution in [3.63, 3.8) is 0 Å². The highest BCUT2D eigenvalue weighted by Crippen LogP contribution is 2.22. The zero-order chi connectivity index (χ0) is 15.3. The van der Waals surface area contributed by atoms with Crippen molar-refractivity contribution >= 4 is 5.97 Å². The number of carbonyl (C=O) groups is 1. The van der Waals surface area contributed by atoms with Crippen molar-refractivity contribution in [3.8, 4) is 0 Å². The lowest BCUT2D eigenvalue weighted by Gasteiger charge is -2.20. The number of esters is 1. The molecule has 1 atom stereocenters. The Morgan fingerprint density at radius 2 is 2.05 bits per heavy atom. The fourth-order valence-electron chi connectivity index (χ4n) is 1.69. The Hall–Kier alpha value is -1.63. The number of halogens is 4. The number of ether oxygens (including phenoxy) is 1. The quantitative estimate of drug-likeness (QED) is 0.670. The van der Waals surface area contributed by atoms with Crippen LogP contribution in [0, 0.1) is 12.7 Å². The summed E-state index contributed by atoms with van der Waals surface area (Å²) in [5.41, 5.74) is 0.631. The molecule has 0 aliphatic rings. The molecule has 0 amide bonds. The molecule has 1 rings (SSSR count). The minimum Gasteiger partial charge on any atom is -0.465 e. The molecule has 0 saturated carbocycles. The Balaban J connectivity index is 3.03. The van der Waals surface area contributed by atoms with Crippen LogP contribution in [0.1, 0.15) is 24.1 Å². The lowest BCUT2D eigenvalue weighted by Crippen LogP contribution is -2.37. The predicted octanol–water partition coefficient (Wildman–Crippen LogP) is 2.89. The van der Waals surface area contributed by atoms with Gasteiger partial charge in [0.15, 0.2) is 0 Å². The number of nitrogens with one attached hydrogen (secondary N) is 1. The van der Waals surface area contributed by atoms with E-state index in [9.17, 15) is 22.4 Å². The molecule has 0 aliphatic heterocycles. The van der Waals surface area contributed by atoms with Crippen LogP contribution < -0.4 is 5.32 Å². The second kappa shape index (κ2) is 6.69. The lowest BCUT2D eigenvalue weighted by atomic mass is 10.0. The van der Waals surface area contributed by atoms with Crippen LogP contribution >= 0.6 is 0 Å². The average Bonchev–Trinajstić information content (AvgIpc) is 2.32. The summed E-state index contributed by atoms with van der Waals surface area (Å²) >= 11 is 0. The van der Waals surface area contributed by atoms with Gasteiger partial charge in [0, 0.05) is 0 Å². The monoisotopic (exact) mass is 293 g/mol. The Kier molecular flexibility index (Phi) is 5.50. The van der Waals surface area contributed by atoms with Gasteiger partial charge in [0.2, 0.25) is 0 Å². The molecule has 0 saturated heterocycles. The van der Waals surface area contributed by atoms with E-state index in [0.717, 1.165) is 6.07 Å². The molecule has 7 heteroatoms. The van der Waals surface area contributed by atoms with Crippen LogP contribution in [0.5, 0.6) is 0 Å². The maximum absolute atomic E-state index is 13.2. The predicted molar refractivity (Wildman–Crippen MR) is 64.6 cm³/mol. The third-order valence-electron chi connectivity index (χ3n) is 2.58. The van der Waals surface area contributed by atoms with Crippen molar-refractivity contribution < 1.29 is 27.1 Å². The number of benzene rings is 1. The summed E-state index contributed by atoms with van der Waals surface area (Å²) in [4.78, 5) is 11.7. The highest BCUT2D eigenvalue weighted by atomic mass is 19.4. The van der Waals surface area contributed by atoms with Gasteiger partial charge in [0.05, 0.1) is 13.2 Å². The smallest absolute Gasteiger partial charge is 0.401 e. The Bertz CT molecular complexity index is 474. The fraction of sp³-hybridized carbons (Fsp3) is 0.462. The van der Waals surface area contributed by atoms with Gasteiger partial charge in [-0.1, -0.05) is 6.07 Å². The van der Waals surface area contributed by atoms with Gasteiger partial charge in [-0.3, -0.25) is 5.32 Å². The largest absolute Gasteiger partial charge is 0.465 e. The summed E-state index contributed by atoms with van der Waals surface area (Å²) in [6.45, 7) is 1.78. The molecule has 0 aliphatic carbocycles. The van der Waals surface area contributed by atoms with E-state index in [2.05, 4.69) is 5.32 Å². The zero-order valence-electron chi connectivity index (χ0n) is 11.1. The van der Waals surface area contributed by atoms with Crippen LogP contribution in [0.4, 0.5) is 17.6 Å². The minimum absolute atomic E-state index is 0.0252. The maximum Gasteiger partial charge on any atom is 0.401 e. The Labute approximate surface area is 113 Å². The second-order valence-corrected chi connectivity index (χ2v) is 4.18. The summed E-state index contributed by atoms with van der Waals surface area (Å²) < 4.78 is 54.8. The van der Waals surface area contributed by atoms with Crippen LogP contribution in [-0.4, -0.2) is 25.3 Å². The van der Waals surface area contributed by atoms with E-state index >= 15 is 0 Å². The molecule has 1 N–H and O–H groups in total. The van der Waals surface area contributed by atoms with Gasteiger partial charge in [-0.05, 0) is 37.1 Å². The Morgan fingerprint density at radius 1 is 1.40 bits per heavy atom.